The third-order valence-corrected chi connectivity index (χ3v) is 3.29. The second kappa shape index (κ2) is 7.17. The minimum atomic E-state index is -1.13. The van der Waals surface area contributed by atoms with Crippen LogP contribution in [0.3, 0.4) is 0 Å². The number of methoxy groups -OCH3 is 1. The number of ether oxygens (including phenoxy) is 1. The Labute approximate surface area is 123 Å². The zero-order chi connectivity index (χ0) is 16.0. The minimum Gasteiger partial charge on any atom is -0.469 e. The number of nitrogens with zero attached hydrogens (tertiary/aromatic N) is 1. The number of benzene rings is 1. The number of hydrogen-bond donors (Lipinski definition) is 1. The molecular formula is C15H21NO5. The number of nitro groups is 1. The summed E-state index contributed by atoms with van der Waals surface area (Å²) in [6, 6.07) is 7.77. The second-order valence-corrected chi connectivity index (χ2v) is 5.67. The van der Waals surface area contributed by atoms with Crippen LogP contribution in [0.25, 0.3) is 0 Å². The first kappa shape index (κ1) is 17.1. The van der Waals surface area contributed by atoms with Crippen LogP contribution in [0.1, 0.15) is 38.2 Å². The third kappa shape index (κ3) is 5.51. The lowest BCUT2D eigenvalue weighted by Gasteiger charge is -2.27. The number of hydrogen-bond acceptors (Lipinski definition) is 5. The number of aliphatic hydroxyl groups is 1. The molecule has 0 aliphatic carbocycles. The highest BCUT2D eigenvalue weighted by Crippen LogP contribution is 2.32. The molecule has 6 nitrogen and oxygen atoms in total. The van der Waals surface area contributed by atoms with Crippen LogP contribution in [-0.4, -0.2) is 34.8 Å². The van der Waals surface area contributed by atoms with Crippen molar-refractivity contribution in [2.24, 2.45) is 0 Å². The van der Waals surface area contributed by atoms with E-state index in [-0.39, 0.29) is 12.8 Å². The number of esters is 1. The molecule has 0 bridgehead atoms. The van der Waals surface area contributed by atoms with Crippen molar-refractivity contribution < 1.29 is 19.6 Å². The zero-order valence-electron chi connectivity index (χ0n) is 12.5. The van der Waals surface area contributed by atoms with E-state index in [0.717, 1.165) is 5.56 Å². The van der Waals surface area contributed by atoms with Crippen molar-refractivity contribution in [3.05, 3.63) is 46.0 Å². The summed E-state index contributed by atoms with van der Waals surface area (Å²) in [5.74, 6) is -1.20. The lowest BCUT2D eigenvalue weighted by Crippen LogP contribution is -2.35. The number of rotatable bonds is 7. The number of carbonyl (C=O) groups excluding carboxylic acids is 1. The Bertz CT molecular complexity index is 481. The molecule has 1 N–H and O–H groups in total. The van der Waals surface area contributed by atoms with Gasteiger partial charge in [0.2, 0.25) is 6.04 Å². The van der Waals surface area contributed by atoms with Gasteiger partial charge in [-0.1, -0.05) is 30.3 Å². The van der Waals surface area contributed by atoms with E-state index in [0.29, 0.717) is 0 Å². The first-order valence-electron chi connectivity index (χ1n) is 6.72. The maximum atomic E-state index is 11.4. The molecule has 0 saturated heterocycles. The molecule has 0 radical (unpaired) electrons. The SMILES string of the molecule is COC(=O)C[C@@H]([C@H](CC(C)(C)O)c1ccccc1)[N+](=O)[O-]. The molecule has 0 saturated carbocycles. The molecule has 0 amide bonds. The summed E-state index contributed by atoms with van der Waals surface area (Å²) in [6.45, 7) is 3.19. The van der Waals surface area contributed by atoms with Crippen LogP contribution >= 0.6 is 0 Å². The lowest BCUT2D eigenvalue weighted by molar-refractivity contribution is -0.526. The highest BCUT2D eigenvalue weighted by atomic mass is 16.6. The summed E-state index contributed by atoms with van der Waals surface area (Å²) in [4.78, 5) is 22.3. The molecule has 116 valence electrons. The molecule has 0 aromatic heterocycles. The van der Waals surface area contributed by atoms with E-state index >= 15 is 0 Å². The van der Waals surface area contributed by atoms with E-state index in [1.165, 1.54) is 7.11 Å². The first-order chi connectivity index (χ1) is 9.74. The van der Waals surface area contributed by atoms with Crippen molar-refractivity contribution in [2.45, 2.75) is 44.2 Å². The Hall–Kier alpha value is -1.95. The third-order valence-electron chi connectivity index (χ3n) is 3.29. The fourth-order valence-corrected chi connectivity index (χ4v) is 2.33. The second-order valence-electron chi connectivity index (χ2n) is 5.67. The summed E-state index contributed by atoms with van der Waals surface area (Å²) in [5, 5.41) is 21.4. The van der Waals surface area contributed by atoms with Crippen LogP contribution in [0.4, 0.5) is 0 Å². The summed E-state index contributed by atoms with van der Waals surface area (Å²) < 4.78 is 4.54. The Kier molecular flexibility index (Phi) is 5.84. The van der Waals surface area contributed by atoms with Crippen LogP contribution < -0.4 is 0 Å². The Morgan fingerprint density at radius 1 is 1.38 bits per heavy atom. The first-order valence-corrected chi connectivity index (χ1v) is 6.72. The quantitative estimate of drug-likeness (QED) is 0.473. The molecule has 21 heavy (non-hydrogen) atoms. The monoisotopic (exact) mass is 295 g/mol. The predicted molar refractivity (Wildman–Crippen MR) is 77.5 cm³/mol. The van der Waals surface area contributed by atoms with Crippen molar-refractivity contribution in [2.75, 3.05) is 7.11 Å². The van der Waals surface area contributed by atoms with Gasteiger partial charge < -0.3 is 9.84 Å². The fraction of sp³-hybridized carbons (Fsp3) is 0.533. The summed E-state index contributed by atoms with van der Waals surface area (Å²) >= 11 is 0. The van der Waals surface area contributed by atoms with Crippen LogP contribution in [0.15, 0.2) is 30.3 Å². The summed E-state index contributed by atoms with van der Waals surface area (Å²) in [5.41, 5.74) is -0.351. The molecule has 0 aliphatic rings. The molecular weight excluding hydrogens is 274 g/mol. The summed E-state index contributed by atoms with van der Waals surface area (Å²) in [6.07, 6.45) is -0.140. The van der Waals surface area contributed by atoms with Crippen molar-refractivity contribution in [1.29, 1.82) is 0 Å². The predicted octanol–water partition coefficient (Wildman–Crippen LogP) is 2.14. The van der Waals surface area contributed by atoms with Gasteiger partial charge in [0, 0.05) is 4.92 Å². The number of carbonyl (C=O) groups is 1. The van der Waals surface area contributed by atoms with Gasteiger partial charge >= 0.3 is 5.97 Å². The van der Waals surface area contributed by atoms with Crippen molar-refractivity contribution in [3.63, 3.8) is 0 Å². The topological polar surface area (TPSA) is 89.7 Å². The molecule has 0 spiro atoms. The minimum absolute atomic E-state index is 0.180. The average molecular weight is 295 g/mol. The molecule has 1 aromatic rings. The normalized spacial score (nSPS) is 14.3. The van der Waals surface area contributed by atoms with Gasteiger partial charge in [0.1, 0.15) is 6.42 Å². The molecule has 1 rings (SSSR count). The molecule has 0 fully saturated rings. The van der Waals surface area contributed by atoms with Crippen molar-refractivity contribution in [1.82, 2.24) is 0 Å². The van der Waals surface area contributed by atoms with Gasteiger partial charge in [-0.05, 0) is 25.8 Å². The smallest absolute Gasteiger partial charge is 0.312 e. The maximum absolute atomic E-state index is 11.4. The van der Waals surface area contributed by atoms with Crippen LogP contribution in [0, 0.1) is 10.1 Å². The van der Waals surface area contributed by atoms with Crippen LogP contribution in [-0.2, 0) is 9.53 Å². The van der Waals surface area contributed by atoms with Gasteiger partial charge in [0.15, 0.2) is 0 Å². The molecule has 0 unspecified atom stereocenters. The molecule has 6 heteroatoms. The fourth-order valence-electron chi connectivity index (χ4n) is 2.33. The lowest BCUT2D eigenvalue weighted by atomic mass is 9.82. The van der Waals surface area contributed by atoms with Gasteiger partial charge in [-0.25, -0.2) is 0 Å². The van der Waals surface area contributed by atoms with E-state index < -0.39 is 28.5 Å². The van der Waals surface area contributed by atoms with Gasteiger partial charge in [-0.3, -0.25) is 14.9 Å². The van der Waals surface area contributed by atoms with Crippen molar-refractivity contribution >= 4 is 5.97 Å². The molecule has 2 atom stereocenters. The van der Waals surface area contributed by atoms with Gasteiger partial charge in [-0.2, -0.15) is 0 Å². The zero-order valence-corrected chi connectivity index (χ0v) is 12.5. The molecule has 0 heterocycles. The van der Waals surface area contributed by atoms with E-state index in [4.69, 9.17) is 0 Å². The highest BCUT2D eigenvalue weighted by molar-refractivity contribution is 5.69. The Morgan fingerprint density at radius 2 is 1.95 bits per heavy atom. The highest BCUT2D eigenvalue weighted by Gasteiger charge is 2.38. The van der Waals surface area contributed by atoms with E-state index in [1.807, 2.05) is 6.07 Å². The Morgan fingerprint density at radius 3 is 2.38 bits per heavy atom. The molecule has 1 aromatic carbocycles. The van der Waals surface area contributed by atoms with E-state index in [9.17, 15) is 20.0 Å². The van der Waals surface area contributed by atoms with E-state index in [1.54, 1.807) is 38.1 Å². The Balaban J connectivity index is 3.13. The van der Waals surface area contributed by atoms with Crippen LogP contribution in [0.2, 0.25) is 0 Å². The van der Waals surface area contributed by atoms with Crippen molar-refractivity contribution in [3.8, 4) is 0 Å². The standard InChI is InChI=1S/C15H21NO5/c1-15(2,18)10-12(11-7-5-4-6-8-11)13(16(19)20)9-14(17)21-3/h4-8,12-13,18H,9-10H2,1-3H3/t12-,13+/m1/s1. The van der Waals surface area contributed by atoms with Crippen LogP contribution in [0.5, 0.6) is 0 Å². The maximum Gasteiger partial charge on any atom is 0.312 e. The molecule has 0 aliphatic heterocycles. The average Bonchev–Trinajstić information content (AvgIpc) is 2.42. The van der Waals surface area contributed by atoms with Gasteiger partial charge in [0.25, 0.3) is 0 Å². The summed E-state index contributed by atoms with van der Waals surface area (Å²) in [7, 11) is 1.20. The van der Waals surface area contributed by atoms with Gasteiger partial charge in [-0.15, -0.1) is 0 Å². The van der Waals surface area contributed by atoms with Gasteiger partial charge in [0.05, 0.1) is 18.6 Å². The largest absolute Gasteiger partial charge is 0.469 e. The van der Waals surface area contributed by atoms with E-state index in [2.05, 4.69) is 4.74 Å².